The average molecular weight is 257 g/mol. The Kier molecular flexibility index (Phi) is 4.31. The molecule has 1 aliphatic rings. The van der Waals surface area contributed by atoms with Gasteiger partial charge in [0.15, 0.2) is 5.16 Å². The van der Waals surface area contributed by atoms with Crippen molar-refractivity contribution < 1.29 is 4.74 Å². The molecular weight excluding hydrogens is 242 g/mol. The van der Waals surface area contributed by atoms with Crippen LogP contribution in [0.25, 0.3) is 0 Å². The maximum absolute atomic E-state index is 5.16. The van der Waals surface area contributed by atoms with Crippen molar-refractivity contribution in [3.63, 3.8) is 0 Å². The Morgan fingerprint density at radius 3 is 2.88 bits per heavy atom. The summed E-state index contributed by atoms with van der Waals surface area (Å²) in [5.41, 5.74) is 0. The topological polar surface area (TPSA) is 47.0 Å². The van der Waals surface area contributed by atoms with Crippen molar-refractivity contribution >= 4 is 29.3 Å². The minimum Gasteiger partial charge on any atom is -0.379 e. The Morgan fingerprint density at radius 2 is 2.31 bits per heavy atom. The van der Waals surface area contributed by atoms with E-state index in [1.54, 1.807) is 23.5 Å². The molecule has 0 bridgehead atoms. The van der Waals surface area contributed by atoms with Gasteiger partial charge < -0.3 is 10.1 Å². The van der Waals surface area contributed by atoms with Crippen molar-refractivity contribution in [3.8, 4) is 0 Å². The van der Waals surface area contributed by atoms with E-state index in [0.29, 0.717) is 5.25 Å². The fourth-order valence-electron chi connectivity index (χ4n) is 1.28. The Bertz CT molecular complexity index is 358. The quantitative estimate of drug-likeness (QED) is 0.495. The zero-order valence-electron chi connectivity index (χ0n) is 9.40. The molecule has 0 aromatic carbocycles. The van der Waals surface area contributed by atoms with Crippen LogP contribution in [0.3, 0.4) is 0 Å². The molecule has 1 aliphatic heterocycles. The van der Waals surface area contributed by atoms with E-state index in [4.69, 9.17) is 4.74 Å². The largest absolute Gasteiger partial charge is 0.379 e. The third kappa shape index (κ3) is 3.02. The molecule has 2 rings (SSSR count). The van der Waals surface area contributed by atoms with Crippen molar-refractivity contribution in [2.45, 2.75) is 22.4 Å². The minimum atomic E-state index is 0.555. The van der Waals surface area contributed by atoms with Crippen molar-refractivity contribution in [2.75, 3.05) is 31.3 Å². The normalized spacial score (nSPS) is 15.9. The molecule has 1 aromatic heterocycles. The molecule has 16 heavy (non-hydrogen) atoms. The summed E-state index contributed by atoms with van der Waals surface area (Å²) >= 11 is 3.34. The van der Waals surface area contributed by atoms with Gasteiger partial charge in [-0.1, -0.05) is 23.5 Å². The van der Waals surface area contributed by atoms with Crippen LogP contribution in [0.2, 0.25) is 0 Å². The van der Waals surface area contributed by atoms with Crippen LogP contribution in [0.1, 0.15) is 6.92 Å². The number of hydrogen-bond donors (Lipinski definition) is 1. The molecule has 1 saturated heterocycles. The van der Waals surface area contributed by atoms with Crippen LogP contribution in [0.15, 0.2) is 16.2 Å². The van der Waals surface area contributed by atoms with Gasteiger partial charge in [-0.3, -0.25) is 0 Å². The Balaban J connectivity index is 2.11. The smallest absolute Gasteiger partial charge is 0.190 e. The number of aromatic nitrogens is 2. The summed E-state index contributed by atoms with van der Waals surface area (Å²) in [5.74, 6) is 0.907. The summed E-state index contributed by atoms with van der Waals surface area (Å²) in [4.78, 5) is 8.86. The molecule has 4 nitrogen and oxygen atoms in total. The lowest BCUT2D eigenvalue weighted by molar-refractivity contribution is 0.0454. The van der Waals surface area contributed by atoms with Gasteiger partial charge in [0, 0.05) is 12.6 Å². The molecule has 0 atom stereocenters. The number of hydrogen-bond acceptors (Lipinski definition) is 6. The zero-order chi connectivity index (χ0) is 11.4. The number of rotatable bonds is 5. The second-order valence-electron chi connectivity index (χ2n) is 3.39. The maximum atomic E-state index is 5.16. The summed E-state index contributed by atoms with van der Waals surface area (Å²) in [6.45, 7) is 4.61. The highest BCUT2D eigenvalue weighted by molar-refractivity contribution is 8.00. The molecule has 0 unspecified atom stereocenters. The van der Waals surface area contributed by atoms with Crippen LogP contribution in [0, 0.1) is 0 Å². The molecule has 0 saturated carbocycles. The third-order valence-corrected chi connectivity index (χ3v) is 3.72. The number of nitrogens with zero attached hydrogens (tertiary/aromatic N) is 2. The molecule has 0 aliphatic carbocycles. The van der Waals surface area contributed by atoms with Crippen LogP contribution in [-0.2, 0) is 4.74 Å². The van der Waals surface area contributed by atoms with Crippen molar-refractivity contribution in [3.05, 3.63) is 6.07 Å². The third-order valence-electron chi connectivity index (χ3n) is 2.12. The summed E-state index contributed by atoms with van der Waals surface area (Å²) in [6, 6.07) is 2.01. The van der Waals surface area contributed by atoms with Gasteiger partial charge in [-0.05, 0) is 13.2 Å². The van der Waals surface area contributed by atoms with Crippen LogP contribution < -0.4 is 5.32 Å². The van der Waals surface area contributed by atoms with Crippen LogP contribution in [-0.4, -0.2) is 41.2 Å². The maximum Gasteiger partial charge on any atom is 0.190 e. The molecule has 0 amide bonds. The molecule has 1 aromatic rings. The minimum absolute atomic E-state index is 0.555. The number of anilines is 1. The SMILES string of the molecule is CCNc1cc(SC2COC2)nc(SC)n1. The molecule has 1 N–H and O–H groups in total. The van der Waals surface area contributed by atoms with Crippen LogP contribution in [0.4, 0.5) is 5.82 Å². The second-order valence-corrected chi connectivity index (χ2v) is 5.48. The van der Waals surface area contributed by atoms with Gasteiger partial charge in [0.05, 0.1) is 18.5 Å². The number of thioether (sulfide) groups is 2. The van der Waals surface area contributed by atoms with Crippen molar-refractivity contribution in [1.29, 1.82) is 0 Å². The first-order chi connectivity index (χ1) is 7.81. The zero-order valence-corrected chi connectivity index (χ0v) is 11.0. The lowest BCUT2D eigenvalue weighted by Gasteiger charge is -2.24. The summed E-state index contributed by atoms with van der Waals surface area (Å²) in [5, 5.41) is 5.63. The number of nitrogens with one attached hydrogen (secondary N) is 1. The van der Waals surface area contributed by atoms with Gasteiger partial charge >= 0.3 is 0 Å². The fourth-order valence-corrected chi connectivity index (χ4v) is 2.71. The summed E-state index contributed by atoms with van der Waals surface area (Å²) in [7, 11) is 0. The molecule has 0 radical (unpaired) electrons. The van der Waals surface area contributed by atoms with Gasteiger partial charge in [0.25, 0.3) is 0 Å². The average Bonchev–Trinajstić information content (AvgIpc) is 2.24. The van der Waals surface area contributed by atoms with Crippen LogP contribution in [0.5, 0.6) is 0 Å². The second kappa shape index (κ2) is 5.75. The molecule has 6 heteroatoms. The first-order valence-electron chi connectivity index (χ1n) is 5.23. The highest BCUT2D eigenvalue weighted by atomic mass is 32.2. The Labute approximate surface area is 104 Å². The lowest BCUT2D eigenvalue weighted by atomic mass is 10.4. The molecule has 1 fully saturated rings. The standard InChI is InChI=1S/C10H15N3OS2/c1-3-11-8-4-9(13-10(12-8)15-2)16-7-5-14-6-7/h4,7H,3,5-6H2,1-2H3,(H,11,12,13). The van der Waals surface area contributed by atoms with Crippen molar-refractivity contribution in [1.82, 2.24) is 9.97 Å². The van der Waals surface area contributed by atoms with Gasteiger partial charge in [-0.25, -0.2) is 9.97 Å². The molecule has 88 valence electrons. The predicted molar refractivity (Wildman–Crippen MR) is 68.4 cm³/mol. The molecular formula is C10H15N3OS2. The van der Waals surface area contributed by atoms with E-state index in [1.165, 1.54) is 0 Å². The molecule has 0 spiro atoms. The Morgan fingerprint density at radius 1 is 1.50 bits per heavy atom. The highest BCUT2D eigenvalue weighted by Gasteiger charge is 2.20. The fraction of sp³-hybridized carbons (Fsp3) is 0.600. The van der Waals surface area contributed by atoms with Crippen molar-refractivity contribution in [2.24, 2.45) is 0 Å². The first-order valence-corrected chi connectivity index (χ1v) is 7.33. The monoisotopic (exact) mass is 257 g/mol. The van der Waals surface area contributed by atoms with Gasteiger partial charge in [-0.2, -0.15) is 0 Å². The van der Waals surface area contributed by atoms with Gasteiger partial charge in [0.2, 0.25) is 0 Å². The summed E-state index contributed by atoms with van der Waals surface area (Å²) in [6.07, 6.45) is 1.99. The first kappa shape index (κ1) is 12.0. The van der Waals surface area contributed by atoms with Crippen LogP contribution >= 0.6 is 23.5 Å². The van der Waals surface area contributed by atoms with E-state index >= 15 is 0 Å². The summed E-state index contributed by atoms with van der Waals surface area (Å²) < 4.78 is 5.16. The predicted octanol–water partition coefficient (Wildman–Crippen LogP) is 2.12. The van der Waals surface area contributed by atoms with E-state index in [2.05, 4.69) is 22.2 Å². The Hall–Kier alpha value is -0.460. The lowest BCUT2D eigenvalue weighted by Crippen LogP contribution is -2.30. The highest BCUT2D eigenvalue weighted by Crippen LogP contribution is 2.29. The van der Waals surface area contributed by atoms with E-state index in [9.17, 15) is 0 Å². The molecule has 2 heterocycles. The van der Waals surface area contributed by atoms with Gasteiger partial charge in [0.1, 0.15) is 10.8 Å². The van der Waals surface area contributed by atoms with E-state index in [1.807, 2.05) is 12.3 Å². The van der Waals surface area contributed by atoms with E-state index < -0.39 is 0 Å². The van der Waals surface area contributed by atoms with E-state index in [0.717, 1.165) is 35.8 Å². The van der Waals surface area contributed by atoms with Gasteiger partial charge in [-0.15, -0.1) is 0 Å². The van der Waals surface area contributed by atoms with E-state index in [-0.39, 0.29) is 0 Å². The number of ether oxygens (including phenoxy) is 1.